The molecule has 4 atom stereocenters. The van der Waals surface area contributed by atoms with E-state index in [0.29, 0.717) is 13.0 Å². The molecule has 0 spiro atoms. The number of nitriles is 1. The van der Waals surface area contributed by atoms with Gasteiger partial charge in [0, 0.05) is 26.5 Å². The molecule has 3 aliphatic rings. The highest BCUT2D eigenvalue weighted by atomic mass is 16.8. The molecule has 3 saturated heterocycles. The van der Waals surface area contributed by atoms with Crippen molar-refractivity contribution in [2.45, 2.75) is 30.7 Å². The molecular weight excluding hydrogens is 268 g/mol. The molecule has 21 heavy (non-hydrogen) atoms. The van der Waals surface area contributed by atoms with Gasteiger partial charge in [0.2, 0.25) is 0 Å². The molecule has 3 aliphatic heterocycles. The van der Waals surface area contributed by atoms with E-state index in [1.54, 1.807) is 7.11 Å². The van der Waals surface area contributed by atoms with Crippen LogP contribution in [0.4, 0.5) is 0 Å². The molecule has 3 fully saturated rings. The van der Waals surface area contributed by atoms with Crippen molar-refractivity contribution < 1.29 is 14.2 Å². The first-order valence-electron chi connectivity index (χ1n) is 7.25. The zero-order chi connectivity index (χ0) is 14.7. The molecule has 112 valence electrons. The van der Waals surface area contributed by atoms with E-state index in [2.05, 4.69) is 23.1 Å². The number of hydrogen-bond acceptors (Lipinski definition) is 5. The summed E-state index contributed by atoms with van der Waals surface area (Å²) in [6, 6.07) is 12.5. The lowest BCUT2D eigenvalue weighted by Gasteiger charge is -2.40. The maximum absolute atomic E-state index is 9.51. The highest BCUT2D eigenvalue weighted by Crippen LogP contribution is 2.40. The Morgan fingerprint density at radius 2 is 2.24 bits per heavy atom. The third kappa shape index (κ3) is 2.81. The fourth-order valence-electron chi connectivity index (χ4n) is 3.22. The molecular formula is C16H20N2O3. The molecule has 1 aromatic rings. The number of rotatable bonds is 4. The number of nitrogens with zero attached hydrogens (tertiary/aromatic N) is 2. The molecule has 0 aliphatic carbocycles. The topological polar surface area (TPSA) is 54.7 Å². The van der Waals surface area contributed by atoms with Crippen molar-refractivity contribution in [3.8, 4) is 6.07 Å². The number of hydrogen-bond donors (Lipinski definition) is 0. The second kappa shape index (κ2) is 6.12. The zero-order valence-electron chi connectivity index (χ0n) is 12.2. The number of ether oxygens (including phenoxy) is 3. The second-order valence-corrected chi connectivity index (χ2v) is 5.54. The van der Waals surface area contributed by atoms with Crippen molar-refractivity contribution >= 4 is 0 Å². The van der Waals surface area contributed by atoms with Gasteiger partial charge in [-0.25, -0.2) is 0 Å². The summed E-state index contributed by atoms with van der Waals surface area (Å²) in [7, 11) is 1.59. The molecule has 0 radical (unpaired) electrons. The molecule has 1 unspecified atom stereocenters. The van der Waals surface area contributed by atoms with E-state index in [0.717, 1.165) is 13.0 Å². The van der Waals surface area contributed by atoms with Gasteiger partial charge in [-0.2, -0.15) is 5.26 Å². The predicted molar refractivity (Wildman–Crippen MR) is 76.2 cm³/mol. The Morgan fingerprint density at radius 3 is 2.95 bits per heavy atom. The smallest absolute Gasteiger partial charge is 0.174 e. The van der Waals surface area contributed by atoms with Crippen LogP contribution in [0.25, 0.3) is 0 Å². The predicted octanol–water partition coefficient (Wildman–Crippen LogP) is 2.06. The number of methoxy groups -OCH3 is 1. The van der Waals surface area contributed by atoms with E-state index in [4.69, 9.17) is 14.2 Å². The van der Waals surface area contributed by atoms with Crippen LogP contribution in [0.15, 0.2) is 30.3 Å². The molecule has 5 nitrogen and oxygen atoms in total. The number of piperidine rings is 1. The Morgan fingerprint density at radius 1 is 1.43 bits per heavy atom. The van der Waals surface area contributed by atoms with E-state index in [-0.39, 0.29) is 18.9 Å². The second-order valence-electron chi connectivity index (χ2n) is 5.54. The van der Waals surface area contributed by atoms with Gasteiger partial charge in [0.15, 0.2) is 5.79 Å². The van der Waals surface area contributed by atoms with Crippen molar-refractivity contribution in [2.24, 2.45) is 0 Å². The summed E-state index contributed by atoms with van der Waals surface area (Å²) in [6.45, 7) is 1.52. The van der Waals surface area contributed by atoms with Crippen LogP contribution < -0.4 is 0 Å². The van der Waals surface area contributed by atoms with Crippen LogP contribution in [0.2, 0.25) is 0 Å². The lowest BCUT2D eigenvalue weighted by molar-refractivity contribution is -0.274. The summed E-state index contributed by atoms with van der Waals surface area (Å²) in [5.41, 5.74) is 1.18. The molecule has 0 amide bonds. The lowest BCUT2D eigenvalue weighted by atomic mass is 9.95. The van der Waals surface area contributed by atoms with Gasteiger partial charge in [-0.3, -0.25) is 4.90 Å². The first kappa shape index (κ1) is 14.5. The minimum Gasteiger partial charge on any atom is -0.359 e. The fraction of sp³-hybridized carbons (Fsp3) is 0.562. The molecule has 0 aromatic heterocycles. The average Bonchev–Trinajstić information content (AvgIpc) is 2.82. The van der Waals surface area contributed by atoms with Crippen LogP contribution in [-0.4, -0.2) is 43.8 Å². The van der Waals surface area contributed by atoms with Crippen LogP contribution in [0.5, 0.6) is 0 Å². The SMILES string of the molecule is COCO[C@@]12CCN([C@H](C#N)C1)[C@H](c1ccccc1)CO2. The van der Waals surface area contributed by atoms with Gasteiger partial charge in [0.1, 0.15) is 12.8 Å². The fourth-order valence-corrected chi connectivity index (χ4v) is 3.22. The van der Waals surface area contributed by atoms with Crippen LogP contribution in [-0.2, 0) is 14.2 Å². The summed E-state index contributed by atoms with van der Waals surface area (Å²) in [5.74, 6) is -0.684. The van der Waals surface area contributed by atoms with E-state index < -0.39 is 5.79 Å². The Hall–Kier alpha value is -1.45. The molecule has 0 N–H and O–H groups in total. The van der Waals surface area contributed by atoms with Crippen LogP contribution in [0.3, 0.4) is 0 Å². The summed E-state index contributed by atoms with van der Waals surface area (Å²) >= 11 is 0. The summed E-state index contributed by atoms with van der Waals surface area (Å²) in [4.78, 5) is 2.23. The van der Waals surface area contributed by atoms with Gasteiger partial charge in [0.25, 0.3) is 0 Å². The summed E-state index contributed by atoms with van der Waals surface area (Å²) in [6.07, 6.45) is 1.33. The largest absolute Gasteiger partial charge is 0.359 e. The number of benzene rings is 1. The number of fused-ring (bicyclic) bond motifs is 4. The molecule has 5 heteroatoms. The normalized spacial score (nSPS) is 35.1. The van der Waals surface area contributed by atoms with Crippen LogP contribution in [0.1, 0.15) is 24.4 Å². The van der Waals surface area contributed by atoms with E-state index in [9.17, 15) is 5.26 Å². The van der Waals surface area contributed by atoms with Crippen LogP contribution in [0, 0.1) is 11.3 Å². The zero-order valence-corrected chi connectivity index (χ0v) is 12.2. The first-order valence-corrected chi connectivity index (χ1v) is 7.25. The maximum atomic E-state index is 9.51. The standard InChI is InChI=1S/C16H20N2O3/c1-19-12-21-16-7-8-18(14(9-16)10-17)15(11-20-16)13-5-3-2-4-6-13/h2-6,14-15H,7-9,11-12H2,1H3/t14-,15-,16-/m0/s1. The third-order valence-corrected chi connectivity index (χ3v) is 4.33. The first-order chi connectivity index (χ1) is 10.3. The van der Waals surface area contributed by atoms with Gasteiger partial charge < -0.3 is 14.2 Å². The van der Waals surface area contributed by atoms with Gasteiger partial charge in [-0.1, -0.05) is 30.3 Å². The van der Waals surface area contributed by atoms with Gasteiger partial charge in [0.05, 0.1) is 18.7 Å². The molecule has 2 bridgehead atoms. The van der Waals surface area contributed by atoms with Crippen molar-refractivity contribution in [3.63, 3.8) is 0 Å². The minimum atomic E-state index is -0.684. The molecule has 4 rings (SSSR count). The molecule has 1 aromatic carbocycles. The van der Waals surface area contributed by atoms with E-state index in [1.807, 2.05) is 18.2 Å². The highest BCUT2D eigenvalue weighted by molar-refractivity contribution is 5.21. The van der Waals surface area contributed by atoms with Crippen molar-refractivity contribution in [1.82, 2.24) is 4.90 Å². The molecule has 3 heterocycles. The highest BCUT2D eigenvalue weighted by Gasteiger charge is 2.48. The van der Waals surface area contributed by atoms with Gasteiger partial charge in [-0.15, -0.1) is 0 Å². The summed E-state index contributed by atoms with van der Waals surface area (Å²) in [5, 5.41) is 9.51. The van der Waals surface area contributed by atoms with E-state index in [1.165, 1.54) is 5.56 Å². The van der Waals surface area contributed by atoms with Crippen LogP contribution >= 0.6 is 0 Å². The Kier molecular flexibility index (Phi) is 4.22. The summed E-state index contributed by atoms with van der Waals surface area (Å²) < 4.78 is 16.9. The quantitative estimate of drug-likeness (QED) is 0.794. The van der Waals surface area contributed by atoms with E-state index >= 15 is 0 Å². The Labute approximate surface area is 125 Å². The monoisotopic (exact) mass is 288 g/mol. The van der Waals surface area contributed by atoms with Crippen molar-refractivity contribution in [3.05, 3.63) is 35.9 Å². The Bertz CT molecular complexity index is 516. The van der Waals surface area contributed by atoms with Crippen molar-refractivity contribution in [1.29, 1.82) is 5.26 Å². The van der Waals surface area contributed by atoms with Gasteiger partial charge >= 0.3 is 0 Å². The molecule has 0 saturated carbocycles. The lowest BCUT2D eigenvalue weighted by Crippen LogP contribution is -2.49. The average molecular weight is 288 g/mol. The van der Waals surface area contributed by atoms with Crippen molar-refractivity contribution in [2.75, 3.05) is 27.1 Å². The third-order valence-electron chi connectivity index (χ3n) is 4.33. The maximum Gasteiger partial charge on any atom is 0.174 e. The minimum absolute atomic E-state index is 0.103. The Balaban J connectivity index is 1.86. The van der Waals surface area contributed by atoms with Gasteiger partial charge in [-0.05, 0) is 5.56 Å².